The highest BCUT2D eigenvalue weighted by atomic mass is 35.5. The topological polar surface area (TPSA) is 62.3 Å². The summed E-state index contributed by atoms with van der Waals surface area (Å²) in [5.74, 6) is 0. The van der Waals surface area contributed by atoms with E-state index in [1.807, 2.05) is 36.1 Å². The van der Waals surface area contributed by atoms with Gasteiger partial charge in [0.15, 0.2) is 0 Å². The van der Waals surface area contributed by atoms with Crippen LogP contribution >= 0.6 is 11.6 Å². The third kappa shape index (κ3) is 3.40. The van der Waals surface area contributed by atoms with E-state index in [1.165, 1.54) is 0 Å². The number of hydrogen-bond donors (Lipinski definition) is 1. The summed E-state index contributed by atoms with van der Waals surface area (Å²) in [5.41, 5.74) is 2.65. The molecule has 140 valence electrons. The zero-order valence-electron chi connectivity index (χ0n) is 14.9. The van der Waals surface area contributed by atoms with Gasteiger partial charge in [0.25, 0.3) is 0 Å². The maximum absolute atomic E-state index is 13.4. The van der Waals surface area contributed by atoms with Gasteiger partial charge in [-0.1, -0.05) is 29.3 Å². The van der Waals surface area contributed by atoms with E-state index in [1.54, 1.807) is 30.5 Å². The number of nitrogens with zero attached hydrogens (tertiary/aromatic N) is 2. The molecule has 3 aromatic rings. The second kappa shape index (κ2) is 7.11. The van der Waals surface area contributed by atoms with Gasteiger partial charge in [-0.25, -0.2) is 8.42 Å². The third-order valence-corrected chi connectivity index (χ3v) is 7.20. The summed E-state index contributed by atoms with van der Waals surface area (Å²) in [6.45, 7) is 3.63. The maximum Gasteiger partial charge on any atom is 0.200 e. The average molecular weight is 402 g/mol. The van der Waals surface area contributed by atoms with Crippen molar-refractivity contribution in [2.75, 3.05) is 24.5 Å². The molecular formula is C20H20ClN3O2S. The molecule has 1 aromatic heterocycles. The molecule has 0 aliphatic carbocycles. The largest absolute Gasteiger partial charge is 0.352 e. The van der Waals surface area contributed by atoms with Crippen molar-refractivity contribution in [2.45, 2.75) is 17.2 Å². The van der Waals surface area contributed by atoms with E-state index in [9.17, 15) is 8.42 Å². The first kappa shape index (κ1) is 18.2. The first-order chi connectivity index (χ1) is 13.0. The number of hydrogen-bond acceptors (Lipinski definition) is 5. The smallest absolute Gasteiger partial charge is 0.200 e. The molecule has 0 spiro atoms. The van der Waals surface area contributed by atoms with Gasteiger partial charge >= 0.3 is 0 Å². The second-order valence-corrected chi connectivity index (χ2v) is 9.24. The number of piperazine rings is 1. The van der Waals surface area contributed by atoms with Gasteiger partial charge < -0.3 is 10.2 Å². The van der Waals surface area contributed by atoms with Crippen LogP contribution in [0.3, 0.4) is 0 Å². The molecule has 7 heteroatoms. The van der Waals surface area contributed by atoms with Gasteiger partial charge in [0.1, 0.15) is 5.37 Å². The van der Waals surface area contributed by atoms with Gasteiger partial charge in [0.05, 0.1) is 10.4 Å². The maximum atomic E-state index is 13.4. The predicted octanol–water partition coefficient (Wildman–Crippen LogP) is 3.41. The number of fused-ring (bicyclic) bond motifs is 1. The highest BCUT2D eigenvalue weighted by Crippen LogP contribution is 2.32. The van der Waals surface area contributed by atoms with E-state index in [2.05, 4.69) is 10.3 Å². The van der Waals surface area contributed by atoms with E-state index >= 15 is 0 Å². The Bertz CT molecular complexity index is 1080. The number of sulfone groups is 1. The Hall–Kier alpha value is -2.15. The molecular weight excluding hydrogens is 382 g/mol. The summed E-state index contributed by atoms with van der Waals surface area (Å²) >= 11 is 6.09. The molecule has 1 fully saturated rings. The van der Waals surface area contributed by atoms with E-state index in [0.717, 1.165) is 28.7 Å². The van der Waals surface area contributed by atoms with Crippen LogP contribution in [0, 0.1) is 6.92 Å². The van der Waals surface area contributed by atoms with Crippen LogP contribution in [0.4, 0.5) is 5.69 Å². The first-order valence-electron chi connectivity index (χ1n) is 8.79. The molecule has 0 amide bonds. The Morgan fingerprint density at radius 3 is 2.70 bits per heavy atom. The zero-order valence-corrected chi connectivity index (χ0v) is 16.5. The minimum Gasteiger partial charge on any atom is -0.352 e. The van der Waals surface area contributed by atoms with Crippen molar-refractivity contribution in [1.29, 1.82) is 0 Å². The molecule has 1 saturated heterocycles. The van der Waals surface area contributed by atoms with Crippen molar-refractivity contribution >= 4 is 38.0 Å². The molecule has 0 saturated carbocycles. The van der Waals surface area contributed by atoms with E-state index in [4.69, 9.17) is 11.6 Å². The zero-order chi connectivity index (χ0) is 19.0. The number of benzene rings is 2. The van der Waals surface area contributed by atoms with Crippen LogP contribution in [0.2, 0.25) is 5.02 Å². The fourth-order valence-electron chi connectivity index (χ4n) is 3.47. The standard InChI is InChI=1S/C20H20ClN3O2S/c1-14-2-5-16(6-3-14)27(25,26)20-13-22-10-11-24(20)19-8-9-23-18-12-15(21)4-7-17(18)19/h2-9,12,20,22H,10-11,13H2,1H3. The average Bonchev–Trinajstić information content (AvgIpc) is 2.67. The first-order valence-corrected chi connectivity index (χ1v) is 10.7. The van der Waals surface area contributed by atoms with Crippen LogP contribution in [-0.2, 0) is 9.84 Å². The van der Waals surface area contributed by atoms with E-state index < -0.39 is 15.2 Å². The molecule has 27 heavy (non-hydrogen) atoms. The van der Waals surface area contributed by atoms with Gasteiger partial charge in [-0.2, -0.15) is 0 Å². The lowest BCUT2D eigenvalue weighted by Gasteiger charge is -2.37. The van der Waals surface area contributed by atoms with Gasteiger partial charge in [-0.3, -0.25) is 4.98 Å². The van der Waals surface area contributed by atoms with E-state index in [-0.39, 0.29) is 0 Å². The molecule has 1 atom stereocenters. The van der Waals surface area contributed by atoms with Gasteiger partial charge in [0, 0.05) is 41.9 Å². The Morgan fingerprint density at radius 1 is 1.15 bits per heavy atom. The number of nitrogens with one attached hydrogen (secondary N) is 1. The van der Waals surface area contributed by atoms with Crippen LogP contribution < -0.4 is 10.2 Å². The van der Waals surface area contributed by atoms with Crippen LogP contribution in [0.5, 0.6) is 0 Å². The number of halogens is 1. The normalized spacial score (nSPS) is 18.0. The van der Waals surface area contributed by atoms with Crippen molar-refractivity contribution in [3.8, 4) is 0 Å². The molecule has 1 aliphatic heterocycles. The summed E-state index contributed by atoms with van der Waals surface area (Å²) in [6.07, 6.45) is 1.70. The summed E-state index contributed by atoms with van der Waals surface area (Å²) in [4.78, 5) is 6.68. The lowest BCUT2D eigenvalue weighted by molar-refractivity contribution is 0.519. The molecule has 5 nitrogen and oxygen atoms in total. The molecule has 1 aliphatic rings. The fraction of sp³-hybridized carbons (Fsp3) is 0.250. The monoisotopic (exact) mass is 401 g/mol. The molecule has 2 heterocycles. The van der Waals surface area contributed by atoms with Crippen LogP contribution in [0.25, 0.3) is 10.9 Å². The molecule has 1 N–H and O–H groups in total. The van der Waals surface area contributed by atoms with Gasteiger partial charge in [-0.15, -0.1) is 0 Å². The van der Waals surface area contributed by atoms with Gasteiger partial charge in [-0.05, 0) is 43.3 Å². The second-order valence-electron chi connectivity index (χ2n) is 6.70. The minimum atomic E-state index is -3.54. The lowest BCUT2D eigenvalue weighted by Crippen LogP contribution is -2.55. The van der Waals surface area contributed by atoms with Crippen molar-refractivity contribution in [2.24, 2.45) is 0 Å². The van der Waals surface area contributed by atoms with Crippen LogP contribution in [0.1, 0.15) is 5.56 Å². The summed E-state index contributed by atoms with van der Waals surface area (Å²) in [7, 11) is -3.54. The molecule has 0 radical (unpaired) electrons. The van der Waals surface area contributed by atoms with Crippen molar-refractivity contribution < 1.29 is 8.42 Å². The summed E-state index contributed by atoms with van der Waals surface area (Å²) < 4.78 is 26.7. The molecule has 1 unspecified atom stereocenters. The summed E-state index contributed by atoms with van der Waals surface area (Å²) in [5, 5.41) is 4.04. The lowest BCUT2D eigenvalue weighted by atomic mass is 10.1. The number of pyridine rings is 1. The number of anilines is 1. The Morgan fingerprint density at radius 2 is 1.93 bits per heavy atom. The highest BCUT2D eigenvalue weighted by molar-refractivity contribution is 7.92. The van der Waals surface area contributed by atoms with Crippen molar-refractivity contribution in [1.82, 2.24) is 10.3 Å². The third-order valence-electron chi connectivity index (χ3n) is 4.89. The molecule has 4 rings (SSSR count). The minimum absolute atomic E-state index is 0.341. The Labute approximate surface area is 163 Å². The molecule has 0 bridgehead atoms. The highest BCUT2D eigenvalue weighted by Gasteiger charge is 2.35. The van der Waals surface area contributed by atoms with Crippen LogP contribution in [0.15, 0.2) is 59.6 Å². The Kier molecular flexibility index (Phi) is 4.80. The number of aromatic nitrogens is 1. The number of aryl methyl sites for hydroxylation is 1. The summed E-state index contributed by atoms with van der Waals surface area (Å²) in [6, 6.07) is 14.4. The predicted molar refractivity (Wildman–Crippen MR) is 109 cm³/mol. The number of rotatable bonds is 3. The quantitative estimate of drug-likeness (QED) is 0.728. The van der Waals surface area contributed by atoms with Gasteiger partial charge in [0.2, 0.25) is 9.84 Å². The SMILES string of the molecule is Cc1ccc(S(=O)(=O)C2CNCCN2c2ccnc3cc(Cl)ccc23)cc1. The Balaban J connectivity index is 1.81. The fourth-order valence-corrected chi connectivity index (χ4v) is 5.36. The van der Waals surface area contributed by atoms with E-state index in [0.29, 0.717) is 23.0 Å². The van der Waals surface area contributed by atoms with Crippen molar-refractivity contribution in [3.63, 3.8) is 0 Å². The molecule has 2 aromatic carbocycles. The van der Waals surface area contributed by atoms with Crippen LogP contribution in [-0.4, -0.2) is 38.4 Å². The van der Waals surface area contributed by atoms with Crippen molar-refractivity contribution in [3.05, 3.63) is 65.3 Å².